The van der Waals surface area contributed by atoms with Gasteiger partial charge in [-0.15, -0.1) is 0 Å². The maximum atomic E-state index is 2.52. The van der Waals surface area contributed by atoms with Crippen molar-refractivity contribution < 1.29 is 0 Å². The van der Waals surface area contributed by atoms with Gasteiger partial charge in [0.25, 0.3) is 0 Å². The Morgan fingerprint density at radius 1 is 0.179 bits per heavy atom. The molecule has 0 fully saturated rings. The van der Waals surface area contributed by atoms with Crippen molar-refractivity contribution in [2.24, 2.45) is 0 Å². The minimum Gasteiger partial charge on any atom is -0.310 e. The molecule has 84 heavy (non-hydrogen) atoms. The average molecular weight is 1070 g/mol. The van der Waals surface area contributed by atoms with Crippen molar-refractivity contribution in [3.8, 4) is 89.0 Å². The number of para-hydroxylation sites is 2. The van der Waals surface area contributed by atoms with Gasteiger partial charge in [-0.1, -0.05) is 255 Å². The van der Waals surface area contributed by atoms with E-state index in [1.807, 2.05) is 0 Å². The zero-order chi connectivity index (χ0) is 56.1. The Balaban J connectivity index is 1.07. The van der Waals surface area contributed by atoms with E-state index in [9.17, 15) is 0 Å². The zero-order valence-corrected chi connectivity index (χ0v) is 46.9. The monoisotopic (exact) mass is 1070 g/mol. The lowest BCUT2D eigenvalue weighted by atomic mass is 9.65. The van der Waals surface area contributed by atoms with Crippen molar-refractivity contribution in [2.45, 2.75) is 13.8 Å². The molecule has 0 aromatic heterocycles. The molecule has 2 heteroatoms. The molecule has 0 bridgehead atoms. The van der Waals surface area contributed by atoms with Crippen molar-refractivity contribution in [2.75, 3.05) is 9.80 Å². The zero-order valence-electron chi connectivity index (χ0n) is 46.9. The fourth-order valence-electron chi connectivity index (χ4n) is 13.1. The fraction of sp³-hybridized carbons (Fsp3) is 0.0244. The first-order chi connectivity index (χ1) is 41.6. The lowest BCUT2D eigenvalue weighted by Crippen LogP contribution is -2.14. The van der Waals surface area contributed by atoms with Crippen LogP contribution in [0.1, 0.15) is 11.1 Å². The van der Waals surface area contributed by atoms with E-state index in [1.165, 1.54) is 122 Å². The molecule has 0 radical (unpaired) electrons. The Bertz CT molecular complexity index is 4610. The SMILES string of the molecule is Cc1ccc(-c2ccccc2)cc1N(c1ccc2c(-c3ccccc3)c3c(c(-c4ccccc4)c2c1)-c1c-3c(-c2ccccc2)c2cc(N(c3ccccc3)c3ccccc3)ccc2c1-c1ccccc1)c1cc(-c2ccccc2)ccc1C. The van der Waals surface area contributed by atoms with Crippen LogP contribution in [0, 0.1) is 13.8 Å². The Morgan fingerprint density at radius 2 is 0.452 bits per heavy atom. The van der Waals surface area contributed by atoms with Crippen LogP contribution < -0.4 is 9.80 Å². The van der Waals surface area contributed by atoms with Crippen molar-refractivity contribution in [3.63, 3.8) is 0 Å². The lowest BCUT2D eigenvalue weighted by Gasteiger charge is -2.38. The third-order valence-corrected chi connectivity index (χ3v) is 17.0. The molecule has 15 rings (SSSR count). The van der Waals surface area contributed by atoms with Crippen molar-refractivity contribution in [1.82, 2.24) is 0 Å². The first kappa shape index (κ1) is 50.2. The summed E-state index contributed by atoms with van der Waals surface area (Å²) in [4.78, 5) is 4.91. The standard InChI is InChI=1S/C82H58N2/c1-55-43-45-63(57-27-11-3-12-28-57)51-73(55)84(74-52-64(46-44-56(74)2)58-29-13-4-14-30-58)68-48-50-70-72(54-68)78(62-37-21-8-22-38-62)82-79-75(59-31-15-5-16-32-59)69-49-47-67(83(65-39-23-9-24-40-65)66-41-25-10-26-42-66)53-71(69)77(61-35-19-7-20-36-61)81(79)80(82)76(70)60-33-17-6-18-34-60/h3-54H,1-2H3. The molecule has 1 aliphatic rings. The Kier molecular flexibility index (Phi) is 12.7. The molecule has 14 aromatic rings. The minimum absolute atomic E-state index is 1.08. The summed E-state index contributed by atoms with van der Waals surface area (Å²) < 4.78 is 0. The lowest BCUT2D eigenvalue weighted by molar-refractivity contribution is 1.23. The van der Waals surface area contributed by atoms with Crippen LogP contribution in [-0.4, -0.2) is 0 Å². The van der Waals surface area contributed by atoms with Crippen LogP contribution >= 0.6 is 0 Å². The van der Waals surface area contributed by atoms with E-state index < -0.39 is 0 Å². The van der Waals surface area contributed by atoms with Gasteiger partial charge in [-0.2, -0.15) is 0 Å². The molecule has 0 saturated heterocycles. The van der Waals surface area contributed by atoms with E-state index in [-0.39, 0.29) is 0 Å². The van der Waals surface area contributed by atoms with Gasteiger partial charge in [0, 0.05) is 34.1 Å². The highest BCUT2D eigenvalue weighted by Gasteiger charge is 2.39. The highest BCUT2D eigenvalue weighted by molar-refractivity contribution is 6.33. The molecule has 0 atom stereocenters. The quantitative estimate of drug-likeness (QED) is 0.120. The second kappa shape index (κ2) is 21.3. The second-order valence-electron chi connectivity index (χ2n) is 22.0. The number of aryl methyl sites for hydroxylation is 2. The number of hydrogen-bond donors (Lipinski definition) is 0. The number of fused-ring (bicyclic) bond motifs is 6. The van der Waals surface area contributed by atoms with E-state index in [4.69, 9.17) is 0 Å². The Labute approximate surface area is 492 Å². The van der Waals surface area contributed by atoms with E-state index in [0.29, 0.717) is 0 Å². The van der Waals surface area contributed by atoms with Gasteiger partial charge < -0.3 is 9.80 Å². The van der Waals surface area contributed by atoms with Gasteiger partial charge in [-0.3, -0.25) is 0 Å². The van der Waals surface area contributed by atoms with Crippen molar-refractivity contribution in [3.05, 3.63) is 327 Å². The molecular formula is C82H58N2. The predicted molar refractivity (Wildman–Crippen MR) is 357 cm³/mol. The summed E-state index contributed by atoms with van der Waals surface area (Å²) in [5.74, 6) is 0. The third-order valence-electron chi connectivity index (χ3n) is 17.0. The molecule has 0 spiro atoms. The summed E-state index contributed by atoms with van der Waals surface area (Å²) in [5.41, 5.74) is 28.5. The molecular weight excluding hydrogens is 1010 g/mol. The predicted octanol–water partition coefficient (Wildman–Crippen LogP) is 23.2. The highest BCUT2D eigenvalue weighted by atomic mass is 15.2. The fourth-order valence-corrected chi connectivity index (χ4v) is 13.1. The molecule has 0 heterocycles. The number of anilines is 6. The Hall–Kier alpha value is -10.8. The number of hydrogen-bond acceptors (Lipinski definition) is 2. The van der Waals surface area contributed by atoms with Gasteiger partial charge >= 0.3 is 0 Å². The molecule has 396 valence electrons. The van der Waals surface area contributed by atoms with Gasteiger partial charge in [0.2, 0.25) is 0 Å². The topological polar surface area (TPSA) is 6.48 Å². The average Bonchev–Trinajstić information content (AvgIpc) is 1.35. The van der Waals surface area contributed by atoms with Crippen LogP contribution in [0.2, 0.25) is 0 Å². The summed E-state index contributed by atoms with van der Waals surface area (Å²) in [6, 6.07) is 116. The first-order valence-electron chi connectivity index (χ1n) is 29.1. The van der Waals surface area contributed by atoms with Gasteiger partial charge in [0.1, 0.15) is 0 Å². The van der Waals surface area contributed by atoms with Gasteiger partial charge in [0.05, 0.1) is 0 Å². The smallest absolute Gasteiger partial charge is 0.0497 e. The molecule has 0 aliphatic heterocycles. The first-order valence-corrected chi connectivity index (χ1v) is 29.1. The summed E-state index contributed by atoms with van der Waals surface area (Å²) in [5, 5.41) is 4.80. The number of rotatable bonds is 12. The molecule has 2 nitrogen and oxygen atoms in total. The normalized spacial score (nSPS) is 11.5. The number of benzene rings is 14. The second-order valence-corrected chi connectivity index (χ2v) is 22.0. The van der Waals surface area contributed by atoms with Gasteiger partial charge in [-0.05, 0) is 196 Å². The van der Waals surface area contributed by atoms with Crippen LogP contribution in [0.15, 0.2) is 315 Å². The van der Waals surface area contributed by atoms with Crippen LogP contribution in [0.25, 0.3) is 111 Å². The summed E-state index contributed by atoms with van der Waals surface area (Å²) >= 11 is 0. The maximum Gasteiger partial charge on any atom is 0.0497 e. The number of nitrogens with zero attached hydrogens (tertiary/aromatic N) is 2. The summed E-state index contributed by atoms with van der Waals surface area (Å²) in [6.45, 7) is 4.50. The van der Waals surface area contributed by atoms with E-state index >= 15 is 0 Å². The molecule has 0 saturated carbocycles. The van der Waals surface area contributed by atoms with E-state index in [1.54, 1.807) is 0 Å². The molecule has 14 aromatic carbocycles. The van der Waals surface area contributed by atoms with Crippen LogP contribution in [0.5, 0.6) is 0 Å². The van der Waals surface area contributed by atoms with Crippen molar-refractivity contribution >= 4 is 55.7 Å². The van der Waals surface area contributed by atoms with Crippen molar-refractivity contribution in [1.29, 1.82) is 0 Å². The highest BCUT2D eigenvalue weighted by Crippen LogP contribution is 2.66. The third kappa shape index (κ3) is 8.67. The van der Waals surface area contributed by atoms with Crippen LogP contribution in [0.3, 0.4) is 0 Å². The van der Waals surface area contributed by atoms with E-state index in [2.05, 4.69) is 339 Å². The Morgan fingerprint density at radius 3 is 0.774 bits per heavy atom. The molecule has 0 N–H and O–H groups in total. The van der Waals surface area contributed by atoms with Gasteiger partial charge in [0.15, 0.2) is 0 Å². The summed E-state index contributed by atoms with van der Waals surface area (Å²) in [6.07, 6.45) is 0. The molecule has 1 aliphatic carbocycles. The van der Waals surface area contributed by atoms with Crippen LogP contribution in [-0.2, 0) is 0 Å². The molecule has 0 unspecified atom stereocenters. The minimum atomic E-state index is 1.08. The van der Waals surface area contributed by atoms with Crippen LogP contribution in [0.4, 0.5) is 34.1 Å². The largest absolute Gasteiger partial charge is 0.310 e. The molecule has 0 amide bonds. The van der Waals surface area contributed by atoms with Gasteiger partial charge in [-0.25, -0.2) is 0 Å². The maximum absolute atomic E-state index is 2.52. The van der Waals surface area contributed by atoms with E-state index in [0.717, 1.165) is 34.1 Å². The summed E-state index contributed by atoms with van der Waals surface area (Å²) in [7, 11) is 0.